The first kappa shape index (κ1) is 16.5. The SMILES string of the molecule is CC(C)C[C@@H]1C(=O)NCCN1C(=O)[C@@H](N)Cc1ccccc1. The van der Waals surface area contributed by atoms with Crippen molar-refractivity contribution >= 4 is 11.8 Å². The highest BCUT2D eigenvalue weighted by molar-refractivity contribution is 5.90. The second-order valence-corrected chi connectivity index (χ2v) is 6.26. The normalized spacial score (nSPS) is 19.9. The molecule has 0 unspecified atom stereocenters. The highest BCUT2D eigenvalue weighted by Crippen LogP contribution is 2.16. The molecule has 3 N–H and O–H groups in total. The van der Waals surface area contributed by atoms with Crippen molar-refractivity contribution in [1.82, 2.24) is 10.2 Å². The van der Waals surface area contributed by atoms with Crippen LogP contribution in [0, 0.1) is 5.92 Å². The van der Waals surface area contributed by atoms with Crippen LogP contribution in [0.25, 0.3) is 0 Å². The molecule has 5 heteroatoms. The van der Waals surface area contributed by atoms with Gasteiger partial charge in [0.15, 0.2) is 0 Å². The molecule has 0 saturated carbocycles. The van der Waals surface area contributed by atoms with E-state index in [9.17, 15) is 9.59 Å². The van der Waals surface area contributed by atoms with E-state index in [2.05, 4.69) is 19.2 Å². The van der Waals surface area contributed by atoms with Gasteiger partial charge in [0, 0.05) is 13.1 Å². The van der Waals surface area contributed by atoms with Gasteiger partial charge < -0.3 is 16.0 Å². The molecular weight excluding hydrogens is 278 g/mol. The molecule has 0 aromatic heterocycles. The van der Waals surface area contributed by atoms with Crippen molar-refractivity contribution in [3.8, 4) is 0 Å². The minimum absolute atomic E-state index is 0.0692. The van der Waals surface area contributed by atoms with Gasteiger partial charge >= 0.3 is 0 Å². The van der Waals surface area contributed by atoms with Gasteiger partial charge in [-0.3, -0.25) is 9.59 Å². The van der Waals surface area contributed by atoms with Crippen LogP contribution < -0.4 is 11.1 Å². The Morgan fingerprint density at radius 1 is 1.36 bits per heavy atom. The van der Waals surface area contributed by atoms with E-state index in [0.717, 1.165) is 5.56 Å². The number of amides is 2. The van der Waals surface area contributed by atoms with Crippen LogP contribution in [-0.4, -0.2) is 41.9 Å². The first-order valence-corrected chi connectivity index (χ1v) is 7.86. The molecule has 1 heterocycles. The predicted octanol–water partition coefficient (Wildman–Crippen LogP) is 0.930. The molecule has 0 radical (unpaired) electrons. The molecule has 1 aliphatic heterocycles. The standard InChI is InChI=1S/C17H25N3O2/c1-12(2)10-15-16(21)19-8-9-20(15)17(22)14(18)11-13-6-4-3-5-7-13/h3-7,12,14-15H,8-11,18H2,1-2H3,(H,19,21)/t14-,15+/m0/s1. The molecule has 0 aliphatic carbocycles. The Balaban J connectivity index is 2.06. The number of carbonyl (C=O) groups excluding carboxylic acids is 2. The summed E-state index contributed by atoms with van der Waals surface area (Å²) in [5.74, 6) is 0.138. The molecule has 0 bridgehead atoms. The number of piperazine rings is 1. The maximum atomic E-state index is 12.7. The van der Waals surface area contributed by atoms with Crippen LogP contribution in [0.4, 0.5) is 0 Å². The van der Waals surface area contributed by atoms with E-state index in [4.69, 9.17) is 5.73 Å². The predicted molar refractivity (Wildman–Crippen MR) is 86.1 cm³/mol. The zero-order valence-electron chi connectivity index (χ0n) is 13.3. The summed E-state index contributed by atoms with van der Waals surface area (Å²) in [6.45, 7) is 5.13. The van der Waals surface area contributed by atoms with Crippen molar-refractivity contribution in [2.24, 2.45) is 11.7 Å². The summed E-state index contributed by atoms with van der Waals surface area (Å²) in [6, 6.07) is 8.71. The molecule has 1 fully saturated rings. The molecular formula is C17H25N3O2. The summed E-state index contributed by atoms with van der Waals surface area (Å²) in [7, 11) is 0. The average molecular weight is 303 g/mol. The van der Waals surface area contributed by atoms with Gasteiger partial charge in [0.1, 0.15) is 6.04 Å². The van der Waals surface area contributed by atoms with Crippen LogP contribution in [0.5, 0.6) is 0 Å². The van der Waals surface area contributed by atoms with Crippen LogP contribution in [-0.2, 0) is 16.0 Å². The van der Waals surface area contributed by atoms with E-state index in [0.29, 0.717) is 31.8 Å². The largest absolute Gasteiger partial charge is 0.353 e. The first-order valence-electron chi connectivity index (χ1n) is 7.86. The van der Waals surface area contributed by atoms with Crippen molar-refractivity contribution in [3.05, 3.63) is 35.9 Å². The first-order chi connectivity index (χ1) is 10.5. The van der Waals surface area contributed by atoms with Gasteiger partial charge in [0.2, 0.25) is 11.8 Å². The Bertz CT molecular complexity index is 516. The fraction of sp³-hybridized carbons (Fsp3) is 0.529. The fourth-order valence-electron chi connectivity index (χ4n) is 2.83. The van der Waals surface area contributed by atoms with E-state index < -0.39 is 12.1 Å². The molecule has 22 heavy (non-hydrogen) atoms. The third kappa shape index (κ3) is 4.07. The molecule has 2 amide bonds. The Kier molecular flexibility index (Phi) is 5.55. The maximum Gasteiger partial charge on any atom is 0.242 e. The molecule has 1 aromatic rings. The number of nitrogens with zero attached hydrogens (tertiary/aromatic N) is 1. The van der Waals surface area contributed by atoms with Gasteiger partial charge in [-0.25, -0.2) is 0 Å². The smallest absolute Gasteiger partial charge is 0.242 e. The van der Waals surface area contributed by atoms with Gasteiger partial charge in [-0.2, -0.15) is 0 Å². The van der Waals surface area contributed by atoms with Crippen molar-refractivity contribution in [3.63, 3.8) is 0 Å². The minimum atomic E-state index is -0.608. The minimum Gasteiger partial charge on any atom is -0.353 e. The van der Waals surface area contributed by atoms with Crippen molar-refractivity contribution in [1.29, 1.82) is 0 Å². The van der Waals surface area contributed by atoms with Crippen molar-refractivity contribution in [2.45, 2.75) is 38.8 Å². The molecule has 0 spiro atoms. The van der Waals surface area contributed by atoms with E-state index in [-0.39, 0.29) is 11.8 Å². The van der Waals surface area contributed by atoms with E-state index in [1.165, 1.54) is 0 Å². The maximum absolute atomic E-state index is 12.7. The number of benzene rings is 1. The van der Waals surface area contributed by atoms with Crippen molar-refractivity contribution < 1.29 is 9.59 Å². The zero-order chi connectivity index (χ0) is 16.1. The Morgan fingerprint density at radius 2 is 2.05 bits per heavy atom. The Labute approximate surface area is 131 Å². The lowest BCUT2D eigenvalue weighted by atomic mass is 9.98. The summed E-state index contributed by atoms with van der Waals surface area (Å²) in [5.41, 5.74) is 7.13. The summed E-state index contributed by atoms with van der Waals surface area (Å²) in [5, 5.41) is 2.84. The Hall–Kier alpha value is -1.88. The fourth-order valence-corrected chi connectivity index (χ4v) is 2.83. The van der Waals surface area contributed by atoms with Gasteiger partial charge in [-0.05, 0) is 24.3 Å². The van der Waals surface area contributed by atoms with Crippen LogP contribution in [0.2, 0.25) is 0 Å². The summed E-state index contributed by atoms with van der Waals surface area (Å²) in [6.07, 6.45) is 1.15. The topological polar surface area (TPSA) is 75.4 Å². The highest BCUT2D eigenvalue weighted by Gasteiger charge is 2.35. The molecule has 1 aliphatic rings. The third-order valence-corrected chi connectivity index (χ3v) is 3.92. The second-order valence-electron chi connectivity index (χ2n) is 6.26. The van der Waals surface area contributed by atoms with E-state index >= 15 is 0 Å². The summed E-state index contributed by atoms with van der Waals surface area (Å²) < 4.78 is 0. The molecule has 1 aromatic carbocycles. The van der Waals surface area contributed by atoms with E-state index in [1.807, 2.05) is 30.3 Å². The highest BCUT2D eigenvalue weighted by atomic mass is 16.2. The van der Waals surface area contributed by atoms with Crippen LogP contribution >= 0.6 is 0 Å². The number of rotatable bonds is 5. The number of nitrogens with one attached hydrogen (secondary N) is 1. The number of hydrogen-bond donors (Lipinski definition) is 2. The van der Waals surface area contributed by atoms with E-state index in [1.54, 1.807) is 4.90 Å². The lowest BCUT2D eigenvalue weighted by molar-refractivity contribution is -0.144. The average Bonchev–Trinajstić information content (AvgIpc) is 2.49. The lowest BCUT2D eigenvalue weighted by Gasteiger charge is -2.37. The van der Waals surface area contributed by atoms with Crippen LogP contribution in [0.15, 0.2) is 30.3 Å². The number of nitrogens with two attached hydrogens (primary N) is 1. The number of carbonyl (C=O) groups is 2. The van der Waals surface area contributed by atoms with Gasteiger partial charge in [-0.15, -0.1) is 0 Å². The molecule has 2 atom stereocenters. The quantitative estimate of drug-likeness (QED) is 0.849. The monoisotopic (exact) mass is 303 g/mol. The van der Waals surface area contributed by atoms with Crippen LogP contribution in [0.3, 0.4) is 0 Å². The molecule has 5 nitrogen and oxygen atoms in total. The lowest BCUT2D eigenvalue weighted by Crippen LogP contribution is -2.60. The second kappa shape index (κ2) is 7.40. The Morgan fingerprint density at radius 3 is 2.68 bits per heavy atom. The third-order valence-electron chi connectivity index (χ3n) is 3.92. The summed E-state index contributed by atoms with van der Waals surface area (Å²) in [4.78, 5) is 26.4. The van der Waals surface area contributed by atoms with Crippen molar-refractivity contribution in [2.75, 3.05) is 13.1 Å². The molecule has 120 valence electrons. The number of hydrogen-bond acceptors (Lipinski definition) is 3. The molecule has 1 saturated heterocycles. The van der Waals surface area contributed by atoms with Gasteiger partial charge in [0.05, 0.1) is 6.04 Å². The molecule has 2 rings (SSSR count). The van der Waals surface area contributed by atoms with Gasteiger partial charge in [0.25, 0.3) is 0 Å². The van der Waals surface area contributed by atoms with Gasteiger partial charge in [-0.1, -0.05) is 44.2 Å². The zero-order valence-corrected chi connectivity index (χ0v) is 13.3. The summed E-state index contributed by atoms with van der Waals surface area (Å²) >= 11 is 0. The van der Waals surface area contributed by atoms with Crippen LogP contribution in [0.1, 0.15) is 25.8 Å².